The second kappa shape index (κ2) is 12.3. The molecule has 0 unspecified atom stereocenters. The molecule has 2 fully saturated rings. The molecule has 4 N–H and O–H groups in total. The van der Waals surface area contributed by atoms with Crippen molar-refractivity contribution in [2.75, 3.05) is 18.4 Å². The summed E-state index contributed by atoms with van der Waals surface area (Å²) in [5, 5.41) is 10.6. The van der Waals surface area contributed by atoms with Gasteiger partial charge in [-0.25, -0.2) is 0 Å². The average molecular weight is 674 g/mol. The molecular weight excluding hydrogens is 643 g/mol. The van der Waals surface area contributed by atoms with E-state index >= 15 is 0 Å². The summed E-state index contributed by atoms with van der Waals surface area (Å²) in [4.78, 5) is 75.0. The number of aryl methyl sites for hydroxylation is 1. The highest BCUT2D eigenvalue weighted by atomic mass is 32.1. The summed E-state index contributed by atoms with van der Waals surface area (Å²) >= 11 is 1.01. The Balaban J connectivity index is 1.24. The van der Waals surface area contributed by atoms with E-state index in [1.807, 2.05) is 0 Å². The van der Waals surface area contributed by atoms with Crippen molar-refractivity contribution in [2.45, 2.75) is 56.9 Å². The quantitative estimate of drug-likeness (QED) is 0.223. The standard InChI is InChI=1S/C30H30F2N5O7PS/c1-15-21-13-19(4-7-24(21)44-35-15)33-27(39)23-6-5-20-9-10-36(16(2)38)14-22(29(41)37(20)23)34-28(40)26-12-17-11-18(3-8-25(17)46-26)30(31,32)45(42)43/h3-4,7-8,11-13,20,22-23,42-43H,5-6,9-10,14H2,1-2H3,(H,33,39)(H,34,40)/t20-,22+,23+/m1/s1. The van der Waals surface area contributed by atoms with Crippen molar-refractivity contribution in [3.8, 4) is 0 Å². The fraction of sp³-hybridized carbons (Fsp3) is 0.367. The molecule has 2 aliphatic rings. The molecule has 2 aromatic carbocycles. The van der Waals surface area contributed by atoms with Crippen molar-refractivity contribution in [3.63, 3.8) is 0 Å². The average Bonchev–Trinajstić information content (AvgIpc) is 3.73. The molecule has 16 heteroatoms. The van der Waals surface area contributed by atoms with Crippen LogP contribution in [0.4, 0.5) is 14.5 Å². The van der Waals surface area contributed by atoms with Gasteiger partial charge in [-0.1, -0.05) is 11.2 Å². The van der Waals surface area contributed by atoms with E-state index in [4.69, 9.17) is 14.3 Å². The number of halogens is 2. The van der Waals surface area contributed by atoms with Gasteiger partial charge < -0.3 is 34.7 Å². The molecule has 242 valence electrons. The lowest BCUT2D eigenvalue weighted by Gasteiger charge is -2.38. The van der Waals surface area contributed by atoms with Crippen LogP contribution >= 0.6 is 19.7 Å². The van der Waals surface area contributed by atoms with Crippen LogP contribution in [0.25, 0.3) is 21.1 Å². The number of fused-ring (bicyclic) bond motifs is 3. The molecule has 0 spiro atoms. The third-order valence-electron chi connectivity index (χ3n) is 8.50. The van der Waals surface area contributed by atoms with Gasteiger partial charge in [-0.15, -0.1) is 11.3 Å². The van der Waals surface area contributed by atoms with E-state index in [0.29, 0.717) is 47.5 Å². The van der Waals surface area contributed by atoms with Crippen molar-refractivity contribution in [1.29, 1.82) is 0 Å². The Labute approximate surface area is 266 Å². The Kier molecular flexibility index (Phi) is 8.53. The van der Waals surface area contributed by atoms with Crippen molar-refractivity contribution in [1.82, 2.24) is 20.3 Å². The smallest absolute Gasteiger partial charge is 0.339 e. The third kappa shape index (κ3) is 5.95. The third-order valence-corrected chi connectivity index (χ3v) is 10.4. The van der Waals surface area contributed by atoms with Crippen LogP contribution in [0.2, 0.25) is 0 Å². The van der Waals surface area contributed by atoms with Gasteiger partial charge in [-0.3, -0.25) is 19.2 Å². The minimum atomic E-state index is -3.85. The molecule has 0 radical (unpaired) electrons. The molecule has 2 saturated heterocycles. The highest BCUT2D eigenvalue weighted by molar-refractivity contribution is 7.46. The monoisotopic (exact) mass is 673 g/mol. The van der Waals surface area contributed by atoms with Crippen molar-refractivity contribution in [3.05, 3.63) is 58.6 Å². The Morgan fingerprint density at radius 1 is 1.11 bits per heavy atom. The first-order valence-corrected chi connectivity index (χ1v) is 16.5. The largest absolute Gasteiger partial charge is 0.356 e. The maximum absolute atomic E-state index is 14.2. The first-order chi connectivity index (χ1) is 21.8. The van der Waals surface area contributed by atoms with Crippen LogP contribution in [0, 0.1) is 6.92 Å². The van der Waals surface area contributed by atoms with Gasteiger partial charge in [0.25, 0.3) is 5.91 Å². The van der Waals surface area contributed by atoms with E-state index in [-0.39, 0.29) is 34.7 Å². The number of amides is 4. The molecule has 6 rings (SSSR count). The van der Waals surface area contributed by atoms with Gasteiger partial charge in [-0.2, -0.15) is 8.78 Å². The zero-order valence-corrected chi connectivity index (χ0v) is 26.4. The van der Waals surface area contributed by atoms with E-state index in [9.17, 15) is 28.0 Å². The number of hydrogen-bond acceptors (Lipinski definition) is 9. The van der Waals surface area contributed by atoms with Gasteiger partial charge in [-0.05, 0) is 68.0 Å². The van der Waals surface area contributed by atoms with Gasteiger partial charge in [0.2, 0.25) is 26.1 Å². The zero-order chi connectivity index (χ0) is 32.9. The minimum Gasteiger partial charge on any atom is -0.356 e. The molecule has 12 nitrogen and oxygen atoms in total. The highest BCUT2D eigenvalue weighted by Crippen LogP contribution is 2.53. The van der Waals surface area contributed by atoms with Gasteiger partial charge in [0.1, 0.15) is 12.1 Å². The molecule has 4 aromatic rings. The van der Waals surface area contributed by atoms with Crippen LogP contribution < -0.4 is 10.6 Å². The van der Waals surface area contributed by atoms with Gasteiger partial charge >= 0.3 is 5.66 Å². The molecule has 2 aliphatic heterocycles. The van der Waals surface area contributed by atoms with Gasteiger partial charge in [0.15, 0.2) is 5.58 Å². The number of nitrogens with zero attached hydrogens (tertiary/aromatic N) is 3. The summed E-state index contributed by atoms with van der Waals surface area (Å²) < 4.78 is 34.2. The fourth-order valence-corrected chi connectivity index (χ4v) is 7.39. The lowest BCUT2D eigenvalue weighted by molar-refractivity contribution is -0.143. The van der Waals surface area contributed by atoms with Crippen molar-refractivity contribution >= 4 is 70.1 Å². The van der Waals surface area contributed by atoms with E-state index in [1.54, 1.807) is 25.1 Å². The number of nitrogens with one attached hydrogen (secondary N) is 2. The molecule has 0 aliphatic carbocycles. The van der Waals surface area contributed by atoms with Crippen molar-refractivity contribution in [2.24, 2.45) is 0 Å². The van der Waals surface area contributed by atoms with Crippen molar-refractivity contribution < 1.29 is 42.3 Å². The van der Waals surface area contributed by atoms with Crippen LogP contribution in [0.3, 0.4) is 0 Å². The predicted molar refractivity (Wildman–Crippen MR) is 166 cm³/mol. The number of thiophene rings is 1. The Bertz CT molecular complexity index is 1860. The summed E-state index contributed by atoms with van der Waals surface area (Å²) in [6.45, 7) is 3.38. The Morgan fingerprint density at radius 2 is 1.89 bits per heavy atom. The van der Waals surface area contributed by atoms with Crippen LogP contribution in [0.15, 0.2) is 47.0 Å². The maximum Gasteiger partial charge on any atom is 0.339 e. The first-order valence-electron chi connectivity index (χ1n) is 14.5. The van der Waals surface area contributed by atoms with Gasteiger partial charge in [0, 0.05) is 47.4 Å². The highest BCUT2D eigenvalue weighted by Gasteiger charge is 2.45. The number of anilines is 1. The summed E-state index contributed by atoms with van der Waals surface area (Å²) in [5.41, 5.74) is -2.70. The second-order valence-corrected chi connectivity index (χ2v) is 13.7. The summed E-state index contributed by atoms with van der Waals surface area (Å²) in [6.07, 6.45) is 1.40. The normalized spacial score (nSPS) is 20.6. The summed E-state index contributed by atoms with van der Waals surface area (Å²) in [6, 6.07) is 7.69. The number of carbonyl (C=O) groups excluding carboxylic acids is 4. The molecule has 2 aromatic heterocycles. The van der Waals surface area contributed by atoms with Crippen LogP contribution in [0.1, 0.15) is 47.1 Å². The summed E-state index contributed by atoms with van der Waals surface area (Å²) in [7, 11) is -3.57. The predicted octanol–water partition coefficient (Wildman–Crippen LogP) is 4.05. The molecule has 3 atom stereocenters. The zero-order valence-electron chi connectivity index (χ0n) is 24.7. The number of benzene rings is 2. The van der Waals surface area contributed by atoms with Crippen LogP contribution in [-0.2, 0) is 20.0 Å². The number of carbonyl (C=O) groups is 4. The molecule has 0 bridgehead atoms. The molecule has 4 amide bonds. The lowest BCUT2D eigenvalue weighted by Crippen LogP contribution is -2.60. The second-order valence-electron chi connectivity index (χ2n) is 11.4. The fourth-order valence-electron chi connectivity index (χ4n) is 6.07. The van der Waals surface area contributed by atoms with E-state index in [2.05, 4.69) is 15.8 Å². The SMILES string of the molecule is CC(=O)N1CC[C@H]2CC[C@@H](C(=O)Nc3ccc4onc(C)c4c3)N2C(=O)[C@@H](NC(=O)c2cc3cc(C(F)(F)P(O)O)ccc3s2)C1. The number of rotatable bonds is 6. The van der Waals surface area contributed by atoms with Crippen LogP contribution in [-0.4, -0.2) is 79.6 Å². The number of alkyl halides is 2. The molecule has 46 heavy (non-hydrogen) atoms. The minimum absolute atomic E-state index is 0.112. The molecule has 0 saturated carbocycles. The number of aromatic nitrogens is 1. The van der Waals surface area contributed by atoms with E-state index in [1.165, 1.54) is 28.9 Å². The summed E-state index contributed by atoms with van der Waals surface area (Å²) in [5.74, 6) is -1.81. The first kappa shape index (κ1) is 31.9. The lowest BCUT2D eigenvalue weighted by atomic mass is 10.1. The van der Waals surface area contributed by atoms with E-state index in [0.717, 1.165) is 28.9 Å². The maximum atomic E-state index is 14.2. The Morgan fingerprint density at radius 3 is 2.63 bits per heavy atom. The van der Waals surface area contributed by atoms with Crippen LogP contribution in [0.5, 0.6) is 0 Å². The molecule has 4 heterocycles. The van der Waals surface area contributed by atoms with Gasteiger partial charge in [0.05, 0.1) is 10.6 Å². The molecular formula is C30H30F2N5O7PS. The Hall–Kier alpha value is -4.04. The van der Waals surface area contributed by atoms with E-state index < -0.39 is 43.5 Å². The number of hydrogen-bond donors (Lipinski definition) is 4. The topological polar surface area (TPSA) is 165 Å².